The van der Waals surface area contributed by atoms with Gasteiger partial charge in [0.1, 0.15) is 0 Å². The van der Waals surface area contributed by atoms with E-state index < -0.39 is 0 Å². The van der Waals surface area contributed by atoms with E-state index in [0.29, 0.717) is 4.83 Å². The Morgan fingerprint density at radius 2 is 1.94 bits per heavy atom. The molecule has 17 heavy (non-hydrogen) atoms. The van der Waals surface area contributed by atoms with Gasteiger partial charge in [0.2, 0.25) is 0 Å². The lowest BCUT2D eigenvalue weighted by molar-refractivity contribution is 1.13. The van der Waals surface area contributed by atoms with Crippen LogP contribution in [0.1, 0.15) is 25.7 Å². The van der Waals surface area contributed by atoms with Crippen LogP contribution in [-0.4, -0.2) is 6.26 Å². The Labute approximate surface area is 120 Å². The quantitative estimate of drug-likeness (QED) is 0.524. The van der Waals surface area contributed by atoms with E-state index in [2.05, 4.69) is 66.4 Å². The van der Waals surface area contributed by atoms with Gasteiger partial charge in [0.05, 0.1) is 4.83 Å². The number of hydrogen-bond donors (Lipinski definition) is 0. The van der Waals surface area contributed by atoms with Crippen molar-refractivity contribution in [2.24, 2.45) is 0 Å². The lowest BCUT2D eigenvalue weighted by atomic mass is 10.1. The fourth-order valence-corrected chi connectivity index (χ4v) is 4.79. The molecule has 2 aromatic rings. The maximum absolute atomic E-state index is 3.85. The second-order valence-corrected chi connectivity index (χ2v) is 7.06. The SMILES string of the molecule is CSc1ccccc1C(Br)c1sc(C)cc1C. The molecule has 0 bridgehead atoms. The van der Waals surface area contributed by atoms with Crippen LogP contribution in [0, 0.1) is 13.8 Å². The molecule has 0 aliphatic heterocycles. The summed E-state index contributed by atoms with van der Waals surface area (Å²) < 4.78 is 0. The number of thioether (sulfide) groups is 1. The maximum atomic E-state index is 3.85. The molecule has 1 heterocycles. The maximum Gasteiger partial charge on any atom is 0.0751 e. The molecule has 2 rings (SSSR count). The first-order valence-electron chi connectivity index (χ1n) is 5.47. The smallest absolute Gasteiger partial charge is 0.0751 e. The number of aryl methyl sites for hydroxylation is 2. The third-order valence-electron chi connectivity index (χ3n) is 2.72. The summed E-state index contributed by atoms with van der Waals surface area (Å²) in [5, 5.41) is 0. The van der Waals surface area contributed by atoms with Crippen LogP contribution in [0.2, 0.25) is 0 Å². The molecule has 0 aliphatic rings. The van der Waals surface area contributed by atoms with E-state index in [4.69, 9.17) is 0 Å². The summed E-state index contributed by atoms with van der Waals surface area (Å²) in [7, 11) is 0. The van der Waals surface area contributed by atoms with Gasteiger partial charge in [0, 0.05) is 14.6 Å². The standard InChI is InChI=1S/C14H15BrS2/c1-9-8-10(2)17-14(9)13(15)11-6-4-5-7-12(11)16-3/h4-8,13H,1-3H3. The highest BCUT2D eigenvalue weighted by molar-refractivity contribution is 9.09. The van der Waals surface area contributed by atoms with Crippen molar-refractivity contribution in [1.82, 2.24) is 0 Å². The van der Waals surface area contributed by atoms with Crippen molar-refractivity contribution >= 4 is 39.0 Å². The van der Waals surface area contributed by atoms with E-state index in [1.54, 1.807) is 11.8 Å². The number of halogens is 1. The predicted octanol–water partition coefficient (Wildman–Crippen LogP) is 5.57. The first-order chi connectivity index (χ1) is 8.13. The minimum absolute atomic E-state index is 0.310. The number of alkyl halides is 1. The Hall–Kier alpha value is -0.250. The third-order valence-corrected chi connectivity index (χ3v) is 6.00. The van der Waals surface area contributed by atoms with E-state index in [1.165, 1.54) is 25.8 Å². The lowest BCUT2D eigenvalue weighted by Crippen LogP contribution is -1.93. The Morgan fingerprint density at radius 1 is 1.24 bits per heavy atom. The molecule has 1 aromatic carbocycles. The van der Waals surface area contributed by atoms with Crippen molar-refractivity contribution in [3.8, 4) is 0 Å². The van der Waals surface area contributed by atoms with Crippen LogP contribution in [0.25, 0.3) is 0 Å². The van der Waals surface area contributed by atoms with E-state index >= 15 is 0 Å². The van der Waals surface area contributed by atoms with Crippen molar-refractivity contribution in [3.05, 3.63) is 51.2 Å². The van der Waals surface area contributed by atoms with Crippen molar-refractivity contribution in [3.63, 3.8) is 0 Å². The molecule has 0 saturated heterocycles. The fourth-order valence-electron chi connectivity index (χ4n) is 1.93. The molecule has 0 amide bonds. The predicted molar refractivity (Wildman–Crippen MR) is 82.8 cm³/mol. The van der Waals surface area contributed by atoms with E-state index in [9.17, 15) is 0 Å². The van der Waals surface area contributed by atoms with Gasteiger partial charge in [-0.3, -0.25) is 0 Å². The van der Waals surface area contributed by atoms with Crippen molar-refractivity contribution < 1.29 is 0 Å². The monoisotopic (exact) mass is 326 g/mol. The molecule has 1 atom stereocenters. The van der Waals surface area contributed by atoms with E-state index in [-0.39, 0.29) is 0 Å². The Balaban J connectivity index is 2.43. The number of benzene rings is 1. The van der Waals surface area contributed by atoms with Crippen molar-refractivity contribution in [2.75, 3.05) is 6.26 Å². The van der Waals surface area contributed by atoms with Gasteiger partial charge in [-0.15, -0.1) is 23.1 Å². The molecule has 0 N–H and O–H groups in total. The van der Waals surface area contributed by atoms with Crippen LogP contribution in [-0.2, 0) is 0 Å². The molecule has 1 aromatic heterocycles. The third kappa shape index (κ3) is 2.78. The van der Waals surface area contributed by atoms with Gasteiger partial charge in [-0.1, -0.05) is 34.1 Å². The molecule has 90 valence electrons. The highest BCUT2D eigenvalue weighted by Gasteiger charge is 2.17. The van der Waals surface area contributed by atoms with Gasteiger partial charge < -0.3 is 0 Å². The van der Waals surface area contributed by atoms with Gasteiger partial charge >= 0.3 is 0 Å². The number of thiophene rings is 1. The first kappa shape index (κ1) is 13.2. The minimum Gasteiger partial charge on any atom is -0.144 e. The molecule has 3 heteroatoms. The molecule has 0 spiro atoms. The minimum atomic E-state index is 0.310. The molecular formula is C14H15BrS2. The van der Waals surface area contributed by atoms with Gasteiger partial charge in [-0.25, -0.2) is 0 Å². The van der Waals surface area contributed by atoms with Gasteiger partial charge in [0.25, 0.3) is 0 Å². The summed E-state index contributed by atoms with van der Waals surface area (Å²) in [6.45, 7) is 4.36. The zero-order valence-corrected chi connectivity index (χ0v) is 13.4. The van der Waals surface area contributed by atoms with Crippen molar-refractivity contribution in [1.29, 1.82) is 0 Å². The normalized spacial score (nSPS) is 12.7. The first-order valence-corrected chi connectivity index (χ1v) is 8.43. The van der Waals surface area contributed by atoms with Crippen LogP contribution < -0.4 is 0 Å². The second-order valence-electron chi connectivity index (χ2n) is 4.01. The molecule has 0 fully saturated rings. The molecule has 0 nitrogen and oxygen atoms in total. The topological polar surface area (TPSA) is 0 Å². The van der Waals surface area contributed by atoms with E-state index in [0.717, 1.165) is 0 Å². The zero-order valence-electron chi connectivity index (χ0n) is 10.2. The largest absolute Gasteiger partial charge is 0.144 e. The van der Waals surface area contributed by atoms with Crippen LogP contribution in [0.15, 0.2) is 35.2 Å². The summed E-state index contributed by atoms with van der Waals surface area (Å²) in [5.74, 6) is 0. The summed E-state index contributed by atoms with van der Waals surface area (Å²) >= 11 is 7.53. The lowest BCUT2D eigenvalue weighted by Gasteiger charge is -2.13. The van der Waals surface area contributed by atoms with Gasteiger partial charge in [-0.05, 0) is 43.4 Å². The summed E-state index contributed by atoms with van der Waals surface area (Å²) in [4.78, 5) is 4.46. The Kier molecular flexibility index (Phi) is 4.34. The summed E-state index contributed by atoms with van der Waals surface area (Å²) in [6, 6.07) is 10.9. The Bertz CT molecular complexity index is 517. The van der Waals surface area contributed by atoms with Crippen molar-refractivity contribution in [2.45, 2.75) is 23.6 Å². The summed E-state index contributed by atoms with van der Waals surface area (Å²) in [6.07, 6.45) is 2.13. The average Bonchev–Trinajstić information content (AvgIpc) is 2.67. The van der Waals surface area contributed by atoms with Crippen LogP contribution in [0.5, 0.6) is 0 Å². The van der Waals surface area contributed by atoms with Crippen LogP contribution in [0.4, 0.5) is 0 Å². The highest BCUT2D eigenvalue weighted by Crippen LogP contribution is 2.40. The van der Waals surface area contributed by atoms with Gasteiger partial charge in [0.15, 0.2) is 0 Å². The molecule has 0 radical (unpaired) electrons. The zero-order chi connectivity index (χ0) is 12.4. The molecule has 0 aliphatic carbocycles. The second kappa shape index (κ2) is 5.59. The van der Waals surface area contributed by atoms with Crippen LogP contribution >= 0.6 is 39.0 Å². The Morgan fingerprint density at radius 3 is 2.53 bits per heavy atom. The molecular weight excluding hydrogens is 312 g/mol. The number of hydrogen-bond acceptors (Lipinski definition) is 2. The summed E-state index contributed by atoms with van der Waals surface area (Å²) in [5.41, 5.74) is 2.75. The molecule has 1 unspecified atom stereocenters. The van der Waals surface area contributed by atoms with Gasteiger partial charge in [-0.2, -0.15) is 0 Å². The van der Waals surface area contributed by atoms with Crippen LogP contribution in [0.3, 0.4) is 0 Å². The van der Waals surface area contributed by atoms with E-state index in [1.807, 2.05) is 11.3 Å². The number of rotatable bonds is 3. The molecule has 0 saturated carbocycles. The fraction of sp³-hybridized carbons (Fsp3) is 0.286. The highest BCUT2D eigenvalue weighted by atomic mass is 79.9. The average molecular weight is 327 g/mol.